The van der Waals surface area contributed by atoms with Crippen molar-refractivity contribution in [2.75, 3.05) is 43.0 Å². The first kappa shape index (κ1) is 21.8. The number of carbonyl (C=O) groups excluding carboxylic acids is 3. The van der Waals surface area contributed by atoms with E-state index in [4.69, 9.17) is 0 Å². The van der Waals surface area contributed by atoms with Crippen LogP contribution >= 0.6 is 11.8 Å². The lowest BCUT2D eigenvalue weighted by molar-refractivity contribution is -0.129. The summed E-state index contributed by atoms with van der Waals surface area (Å²) in [5, 5.41) is 2.81. The summed E-state index contributed by atoms with van der Waals surface area (Å²) in [5.41, 5.74) is 2.29. The van der Waals surface area contributed by atoms with Crippen molar-refractivity contribution in [3.63, 3.8) is 0 Å². The van der Waals surface area contributed by atoms with Crippen LogP contribution in [0, 0.1) is 12.7 Å². The van der Waals surface area contributed by atoms with Crippen molar-refractivity contribution in [3.8, 4) is 0 Å². The molecule has 1 saturated heterocycles. The van der Waals surface area contributed by atoms with Crippen LogP contribution in [0.5, 0.6) is 0 Å². The van der Waals surface area contributed by atoms with Gasteiger partial charge in [0.25, 0.3) is 5.91 Å². The highest BCUT2D eigenvalue weighted by molar-refractivity contribution is 8.00. The van der Waals surface area contributed by atoms with Gasteiger partial charge >= 0.3 is 0 Å². The summed E-state index contributed by atoms with van der Waals surface area (Å²) in [4.78, 5) is 40.2. The summed E-state index contributed by atoms with van der Waals surface area (Å²) in [6.45, 7) is 3.73. The van der Waals surface area contributed by atoms with Crippen LogP contribution in [0.2, 0.25) is 0 Å². The fourth-order valence-corrected chi connectivity index (χ4v) is 3.81. The van der Waals surface area contributed by atoms with Crippen molar-refractivity contribution >= 4 is 35.2 Å². The summed E-state index contributed by atoms with van der Waals surface area (Å²) in [6.07, 6.45) is 0. The van der Waals surface area contributed by atoms with Crippen LogP contribution in [-0.4, -0.2) is 65.2 Å². The van der Waals surface area contributed by atoms with Gasteiger partial charge in [0.1, 0.15) is 5.82 Å². The molecule has 158 valence electrons. The summed E-state index contributed by atoms with van der Waals surface area (Å²) < 4.78 is 13.0. The summed E-state index contributed by atoms with van der Waals surface area (Å²) in [5.74, 6) is -0.324. The third kappa shape index (κ3) is 6.06. The Labute approximate surface area is 179 Å². The lowest BCUT2D eigenvalue weighted by atomic mass is 10.2. The van der Waals surface area contributed by atoms with Gasteiger partial charge in [0.05, 0.1) is 11.5 Å². The number of hydrogen-bond donors (Lipinski definition) is 1. The van der Waals surface area contributed by atoms with Crippen LogP contribution in [0.4, 0.5) is 10.1 Å². The Kier molecular flexibility index (Phi) is 7.46. The molecule has 0 bridgehead atoms. The average Bonchev–Trinajstić information content (AvgIpc) is 2.75. The highest BCUT2D eigenvalue weighted by atomic mass is 32.2. The molecular formula is C22H24FN3O3S. The zero-order valence-corrected chi connectivity index (χ0v) is 17.6. The lowest BCUT2D eigenvalue weighted by Crippen LogP contribution is -2.51. The molecule has 3 amide bonds. The Morgan fingerprint density at radius 3 is 2.13 bits per heavy atom. The maximum absolute atomic E-state index is 13.0. The Balaban J connectivity index is 1.37. The largest absolute Gasteiger partial charge is 0.338 e. The molecule has 0 radical (unpaired) electrons. The zero-order chi connectivity index (χ0) is 21.5. The molecule has 0 aromatic heterocycles. The van der Waals surface area contributed by atoms with E-state index < -0.39 is 0 Å². The molecule has 1 fully saturated rings. The third-order valence-corrected chi connectivity index (χ3v) is 5.72. The summed E-state index contributed by atoms with van der Waals surface area (Å²) in [6, 6.07) is 13.0. The number of halogens is 1. The molecule has 30 heavy (non-hydrogen) atoms. The monoisotopic (exact) mass is 429 g/mol. The van der Waals surface area contributed by atoms with Crippen LogP contribution < -0.4 is 5.32 Å². The molecule has 1 aliphatic rings. The minimum Gasteiger partial charge on any atom is -0.338 e. The van der Waals surface area contributed by atoms with Crippen molar-refractivity contribution in [1.29, 1.82) is 0 Å². The van der Waals surface area contributed by atoms with E-state index in [-0.39, 0.29) is 35.0 Å². The van der Waals surface area contributed by atoms with Crippen LogP contribution in [0.15, 0.2) is 48.5 Å². The van der Waals surface area contributed by atoms with Crippen LogP contribution in [0.1, 0.15) is 15.9 Å². The molecule has 0 unspecified atom stereocenters. The van der Waals surface area contributed by atoms with Gasteiger partial charge in [-0.2, -0.15) is 0 Å². The minimum absolute atomic E-state index is 0.0444. The Morgan fingerprint density at radius 1 is 0.900 bits per heavy atom. The predicted molar refractivity (Wildman–Crippen MR) is 116 cm³/mol. The highest BCUT2D eigenvalue weighted by Crippen LogP contribution is 2.13. The van der Waals surface area contributed by atoms with E-state index in [1.165, 1.54) is 36.0 Å². The molecule has 0 spiro atoms. The van der Waals surface area contributed by atoms with Crippen LogP contribution in [-0.2, 0) is 9.59 Å². The van der Waals surface area contributed by atoms with Gasteiger partial charge in [-0.05, 0) is 43.3 Å². The molecule has 8 heteroatoms. The van der Waals surface area contributed by atoms with E-state index in [0.29, 0.717) is 31.7 Å². The number of anilines is 1. The van der Waals surface area contributed by atoms with Crippen LogP contribution in [0.3, 0.4) is 0 Å². The smallest absolute Gasteiger partial charge is 0.253 e. The van der Waals surface area contributed by atoms with E-state index in [0.717, 1.165) is 11.3 Å². The second kappa shape index (κ2) is 10.2. The number of benzene rings is 2. The predicted octanol–water partition coefficient (Wildman–Crippen LogP) is 2.79. The van der Waals surface area contributed by atoms with Gasteiger partial charge in [-0.3, -0.25) is 14.4 Å². The van der Waals surface area contributed by atoms with E-state index in [2.05, 4.69) is 5.32 Å². The molecule has 6 nitrogen and oxygen atoms in total. The van der Waals surface area contributed by atoms with E-state index in [1.54, 1.807) is 9.80 Å². The van der Waals surface area contributed by atoms with Crippen molar-refractivity contribution in [3.05, 3.63) is 65.5 Å². The van der Waals surface area contributed by atoms with Crippen molar-refractivity contribution < 1.29 is 18.8 Å². The molecule has 1 heterocycles. The Morgan fingerprint density at radius 2 is 1.50 bits per heavy atom. The van der Waals surface area contributed by atoms with Crippen LogP contribution in [0.25, 0.3) is 0 Å². The second-order valence-corrected chi connectivity index (χ2v) is 8.07. The SMILES string of the molecule is Cc1ccc(NC(=O)CSCC(=O)N2CCN(C(=O)c3ccc(F)cc3)CC2)cc1. The molecule has 2 aromatic carbocycles. The average molecular weight is 430 g/mol. The highest BCUT2D eigenvalue weighted by Gasteiger charge is 2.24. The second-order valence-electron chi connectivity index (χ2n) is 7.09. The van der Waals surface area contributed by atoms with Crippen molar-refractivity contribution in [2.45, 2.75) is 6.92 Å². The number of thioether (sulfide) groups is 1. The molecule has 0 saturated carbocycles. The van der Waals surface area contributed by atoms with Crippen molar-refractivity contribution in [1.82, 2.24) is 9.80 Å². The standard InChI is InChI=1S/C22H24FN3O3S/c1-16-2-8-19(9-3-16)24-20(27)14-30-15-21(28)25-10-12-26(13-11-25)22(29)17-4-6-18(23)7-5-17/h2-9H,10-15H2,1H3,(H,24,27). The number of carbonyl (C=O) groups is 3. The normalized spacial score (nSPS) is 13.8. The number of nitrogens with zero attached hydrogens (tertiary/aromatic N) is 2. The van der Waals surface area contributed by atoms with Crippen molar-refractivity contribution in [2.24, 2.45) is 0 Å². The molecule has 1 N–H and O–H groups in total. The van der Waals surface area contributed by atoms with Gasteiger partial charge in [0.15, 0.2) is 0 Å². The van der Waals surface area contributed by atoms with Gasteiger partial charge in [0, 0.05) is 37.4 Å². The summed E-state index contributed by atoms with van der Waals surface area (Å²) >= 11 is 1.27. The number of piperazine rings is 1. The first-order chi connectivity index (χ1) is 14.4. The number of aryl methyl sites for hydroxylation is 1. The first-order valence-corrected chi connectivity index (χ1v) is 10.8. The number of rotatable bonds is 6. The Bertz CT molecular complexity index is 895. The van der Waals surface area contributed by atoms with E-state index in [1.807, 2.05) is 31.2 Å². The number of amides is 3. The molecule has 0 atom stereocenters. The number of nitrogens with one attached hydrogen (secondary N) is 1. The van der Waals surface area contributed by atoms with Gasteiger partial charge in [-0.25, -0.2) is 4.39 Å². The van der Waals surface area contributed by atoms with Gasteiger partial charge in [-0.15, -0.1) is 11.8 Å². The lowest BCUT2D eigenvalue weighted by Gasteiger charge is -2.34. The minimum atomic E-state index is -0.382. The third-order valence-electron chi connectivity index (χ3n) is 4.80. The zero-order valence-electron chi connectivity index (χ0n) is 16.8. The quantitative estimate of drug-likeness (QED) is 0.767. The fraction of sp³-hybridized carbons (Fsp3) is 0.318. The topological polar surface area (TPSA) is 69.7 Å². The molecule has 2 aromatic rings. The fourth-order valence-electron chi connectivity index (χ4n) is 3.09. The molecule has 1 aliphatic heterocycles. The first-order valence-electron chi connectivity index (χ1n) is 9.69. The Hall–Kier alpha value is -2.87. The maximum Gasteiger partial charge on any atom is 0.253 e. The molecule has 3 rings (SSSR count). The van der Waals surface area contributed by atoms with E-state index in [9.17, 15) is 18.8 Å². The maximum atomic E-state index is 13.0. The van der Waals surface area contributed by atoms with Gasteiger partial charge < -0.3 is 15.1 Å². The van der Waals surface area contributed by atoms with Gasteiger partial charge in [0.2, 0.25) is 11.8 Å². The van der Waals surface area contributed by atoms with E-state index >= 15 is 0 Å². The number of hydrogen-bond acceptors (Lipinski definition) is 4. The summed E-state index contributed by atoms with van der Waals surface area (Å²) in [7, 11) is 0. The van der Waals surface area contributed by atoms with Gasteiger partial charge in [-0.1, -0.05) is 17.7 Å². The molecule has 0 aliphatic carbocycles. The molecular weight excluding hydrogens is 405 g/mol.